The molecule has 0 saturated heterocycles. The van der Waals surface area contributed by atoms with E-state index in [0.717, 1.165) is 37.2 Å². The van der Waals surface area contributed by atoms with Crippen LogP contribution in [0, 0.1) is 0 Å². The van der Waals surface area contributed by atoms with E-state index in [-0.39, 0.29) is 0 Å². The molecule has 1 N–H and O–H groups in total. The number of hydrogen-bond donors (Lipinski definition) is 1. The lowest BCUT2D eigenvalue weighted by Crippen LogP contribution is -2.07. The van der Waals surface area contributed by atoms with Crippen molar-refractivity contribution < 1.29 is 0 Å². The van der Waals surface area contributed by atoms with Crippen LogP contribution in [-0.2, 0) is 0 Å². The molecule has 0 aliphatic heterocycles. The minimum absolute atomic E-state index is 0.427. The first-order valence-electron chi connectivity index (χ1n) is 10.6. The molecule has 29 heavy (non-hydrogen) atoms. The highest BCUT2D eigenvalue weighted by Gasteiger charge is 2.17. The van der Waals surface area contributed by atoms with Crippen LogP contribution in [0.15, 0.2) is 67.1 Å². The van der Waals surface area contributed by atoms with Crippen molar-refractivity contribution in [3.63, 3.8) is 0 Å². The third-order valence-corrected chi connectivity index (χ3v) is 5.78. The van der Waals surface area contributed by atoms with Crippen molar-refractivity contribution in [2.75, 3.05) is 12.4 Å². The molecule has 0 fully saturated rings. The zero-order valence-corrected chi connectivity index (χ0v) is 17.8. The Hall–Kier alpha value is -2.75. The molecule has 3 aromatic heterocycles. The van der Waals surface area contributed by atoms with Gasteiger partial charge in [-0.05, 0) is 79.3 Å². The van der Waals surface area contributed by atoms with Crippen molar-refractivity contribution >= 4 is 5.82 Å². The Morgan fingerprint density at radius 2 is 1.55 bits per heavy atom. The summed E-state index contributed by atoms with van der Waals surface area (Å²) in [6, 6.07) is 16.7. The van der Waals surface area contributed by atoms with Gasteiger partial charge >= 0.3 is 0 Å². The average Bonchev–Trinajstić information content (AvgIpc) is 2.80. The molecule has 3 rings (SSSR count). The monoisotopic (exact) mass is 388 g/mol. The van der Waals surface area contributed by atoms with Crippen LogP contribution >= 0.6 is 0 Å². The summed E-state index contributed by atoms with van der Waals surface area (Å²) in [4.78, 5) is 13.6. The second-order valence-electron chi connectivity index (χ2n) is 7.89. The van der Waals surface area contributed by atoms with Crippen molar-refractivity contribution in [3.05, 3.63) is 84.1 Å². The maximum absolute atomic E-state index is 4.72. The summed E-state index contributed by atoms with van der Waals surface area (Å²) in [5.74, 6) is 2.32. The Morgan fingerprint density at radius 1 is 0.793 bits per heavy atom. The maximum atomic E-state index is 4.72. The minimum atomic E-state index is 0.427. The van der Waals surface area contributed by atoms with Gasteiger partial charge in [-0.15, -0.1) is 0 Å². The van der Waals surface area contributed by atoms with Crippen LogP contribution in [0.1, 0.15) is 74.2 Å². The van der Waals surface area contributed by atoms with Crippen LogP contribution in [0.5, 0.6) is 0 Å². The fourth-order valence-corrected chi connectivity index (χ4v) is 3.83. The largest absolute Gasteiger partial charge is 0.373 e. The van der Waals surface area contributed by atoms with Gasteiger partial charge in [0.2, 0.25) is 0 Å². The summed E-state index contributed by atoms with van der Waals surface area (Å²) in [7, 11) is 1.91. The van der Waals surface area contributed by atoms with Gasteiger partial charge in [0.05, 0.1) is 0 Å². The van der Waals surface area contributed by atoms with Crippen molar-refractivity contribution in [2.24, 2.45) is 0 Å². The average molecular weight is 389 g/mol. The second kappa shape index (κ2) is 10.7. The fourth-order valence-electron chi connectivity index (χ4n) is 3.83. The first kappa shape index (κ1) is 21.0. The molecule has 0 aliphatic rings. The molecule has 0 radical (unpaired) electrons. The van der Waals surface area contributed by atoms with Gasteiger partial charge in [0.25, 0.3) is 0 Å². The molecule has 0 saturated carbocycles. The summed E-state index contributed by atoms with van der Waals surface area (Å²) < 4.78 is 0. The molecule has 3 aromatic rings. The zero-order valence-electron chi connectivity index (χ0n) is 17.8. The molecule has 0 aliphatic carbocycles. The predicted molar refractivity (Wildman–Crippen MR) is 120 cm³/mol. The van der Waals surface area contributed by atoms with Gasteiger partial charge in [-0.1, -0.05) is 32.0 Å². The van der Waals surface area contributed by atoms with Crippen molar-refractivity contribution in [3.8, 4) is 0 Å². The number of anilines is 1. The number of aromatic nitrogens is 3. The molecule has 152 valence electrons. The predicted octanol–water partition coefficient (Wildman–Crippen LogP) is 6.16. The van der Waals surface area contributed by atoms with Crippen LogP contribution < -0.4 is 5.32 Å². The first-order chi connectivity index (χ1) is 14.2. The summed E-state index contributed by atoms with van der Waals surface area (Å²) in [6.45, 7) is 4.55. The molecule has 3 heterocycles. The number of nitrogens with one attached hydrogen (secondary N) is 1. The minimum Gasteiger partial charge on any atom is -0.373 e. The molecule has 3 atom stereocenters. The van der Waals surface area contributed by atoms with Crippen molar-refractivity contribution in [1.82, 2.24) is 15.0 Å². The standard InChI is InChI=1S/C25H32N4/c1-19(23-9-4-5-17-28-23)12-14-21(22-8-7-16-27-18-22)15-13-20(2)24-10-6-11-25(26-3)29-24/h4-11,16-21H,12-15H2,1-3H3,(H,26,29). The van der Waals surface area contributed by atoms with E-state index in [2.05, 4.69) is 59.5 Å². The highest BCUT2D eigenvalue weighted by atomic mass is 15.0. The Labute approximate surface area is 174 Å². The Morgan fingerprint density at radius 3 is 2.21 bits per heavy atom. The maximum Gasteiger partial charge on any atom is 0.125 e. The van der Waals surface area contributed by atoms with Gasteiger partial charge in [-0.2, -0.15) is 0 Å². The first-order valence-corrected chi connectivity index (χ1v) is 10.6. The van der Waals surface area contributed by atoms with E-state index in [1.807, 2.05) is 43.8 Å². The highest BCUT2D eigenvalue weighted by Crippen LogP contribution is 2.33. The molecule has 0 amide bonds. The summed E-state index contributed by atoms with van der Waals surface area (Å²) >= 11 is 0. The van der Waals surface area contributed by atoms with E-state index in [4.69, 9.17) is 4.98 Å². The number of hydrogen-bond acceptors (Lipinski definition) is 4. The topological polar surface area (TPSA) is 50.7 Å². The fraction of sp³-hybridized carbons (Fsp3) is 0.400. The molecule has 0 spiro atoms. The summed E-state index contributed by atoms with van der Waals surface area (Å²) in [5, 5.41) is 3.14. The van der Waals surface area contributed by atoms with Gasteiger partial charge in [-0.25, -0.2) is 4.98 Å². The van der Waals surface area contributed by atoms with Gasteiger partial charge in [0.1, 0.15) is 5.82 Å². The lowest BCUT2D eigenvalue weighted by atomic mass is 9.85. The van der Waals surface area contributed by atoms with Crippen LogP contribution in [0.2, 0.25) is 0 Å². The molecule has 0 bridgehead atoms. The van der Waals surface area contributed by atoms with Crippen molar-refractivity contribution in [2.45, 2.75) is 57.3 Å². The van der Waals surface area contributed by atoms with Gasteiger partial charge in [0, 0.05) is 37.0 Å². The normalized spacial score (nSPS) is 14.2. The van der Waals surface area contributed by atoms with Crippen LogP contribution in [0.4, 0.5) is 5.82 Å². The van der Waals surface area contributed by atoms with E-state index in [9.17, 15) is 0 Å². The smallest absolute Gasteiger partial charge is 0.125 e. The van der Waals surface area contributed by atoms with Crippen LogP contribution in [0.25, 0.3) is 0 Å². The molecule has 0 aromatic carbocycles. The molecule has 3 unspecified atom stereocenters. The summed E-state index contributed by atoms with van der Waals surface area (Å²) in [6.07, 6.45) is 10.3. The quantitative estimate of drug-likeness (QED) is 0.451. The van der Waals surface area contributed by atoms with Crippen LogP contribution in [-0.4, -0.2) is 22.0 Å². The van der Waals surface area contributed by atoms with E-state index in [1.165, 1.54) is 11.3 Å². The number of rotatable bonds is 10. The van der Waals surface area contributed by atoms with Crippen molar-refractivity contribution in [1.29, 1.82) is 0 Å². The summed E-state index contributed by atoms with van der Waals surface area (Å²) in [5.41, 5.74) is 3.67. The van der Waals surface area contributed by atoms with E-state index in [1.54, 1.807) is 0 Å². The SMILES string of the molecule is CNc1cccc(C(C)CCC(CCC(C)c2ccccn2)c2cccnc2)n1. The number of nitrogens with zero attached hydrogens (tertiary/aromatic N) is 3. The lowest BCUT2D eigenvalue weighted by molar-refractivity contribution is 0.479. The van der Waals surface area contributed by atoms with Crippen LogP contribution in [0.3, 0.4) is 0 Å². The van der Waals surface area contributed by atoms with E-state index < -0.39 is 0 Å². The molecular formula is C25H32N4. The Bertz CT molecular complexity index is 851. The molecular weight excluding hydrogens is 356 g/mol. The molecule has 4 heteroatoms. The third kappa shape index (κ3) is 6.11. The Kier molecular flexibility index (Phi) is 7.74. The molecule has 4 nitrogen and oxygen atoms in total. The van der Waals surface area contributed by atoms with E-state index in [0.29, 0.717) is 17.8 Å². The third-order valence-electron chi connectivity index (χ3n) is 5.78. The second-order valence-corrected chi connectivity index (χ2v) is 7.89. The Balaban J connectivity index is 1.64. The zero-order chi connectivity index (χ0) is 20.5. The van der Waals surface area contributed by atoms with Gasteiger partial charge in [0.15, 0.2) is 0 Å². The van der Waals surface area contributed by atoms with Gasteiger partial charge < -0.3 is 5.32 Å². The van der Waals surface area contributed by atoms with E-state index >= 15 is 0 Å². The highest BCUT2D eigenvalue weighted by molar-refractivity contribution is 5.35. The van der Waals surface area contributed by atoms with Gasteiger partial charge in [-0.3, -0.25) is 9.97 Å². The lowest BCUT2D eigenvalue weighted by Gasteiger charge is -2.21. The number of pyridine rings is 3.